The molecule has 0 spiro atoms. The molecule has 142 valence electrons. The molecule has 0 saturated carbocycles. The first kappa shape index (κ1) is 19.5. The van der Waals surface area contributed by atoms with E-state index in [0.29, 0.717) is 18.9 Å². The second-order valence-corrected chi connectivity index (χ2v) is 8.28. The summed E-state index contributed by atoms with van der Waals surface area (Å²) in [4.78, 5) is 16.7. The van der Waals surface area contributed by atoms with Gasteiger partial charge in [0.1, 0.15) is 0 Å². The Hall–Kier alpha value is -2.24. The van der Waals surface area contributed by atoms with E-state index in [4.69, 9.17) is 5.73 Å². The van der Waals surface area contributed by atoms with Gasteiger partial charge in [0.05, 0.1) is 15.2 Å². The lowest BCUT2D eigenvalue weighted by Gasteiger charge is -2.14. The number of amides is 1. The third-order valence-corrected chi connectivity index (χ3v) is 5.78. The molecule has 0 bridgehead atoms. The van der Waals surface area contributed by atoms with E-state index < -0.39 is 0 Å². The minimum absolute atomic E-state index is 0.0466. The minimum Gasteiger partial charge on any atom is -0.354 e. The lowest BCUT2D eigenvalue weighted by Crippen LogP contribution is -2.31. The maximum absolute atomic E-state index is 12.1. The fourth-order valence-corrected chi connectivity index (χ4v) is 3.99. The van der Waals surface area contributed by atoms with Gasteiger partial charge in [-0.3, -0.25) is 4.79 Å². The maximum atomic E-state index is 12.1. The fraction of sp³-hybridized carbons (Fsp3) is 0.364. The van der Waals surface area contributed by atoms with Crippen molar-refractivity contribution in [1.29, 1.82) is 0 Å². The number of rotatable bonds is 8. The summed E-state index contributed by atoms with van der Waals surface area (Å²) in [6.45, 7) is 4.80. The number of fused-ring (bicyclic) bond motifs is 1. The van der Waals surface area contributed by atoms with Gasteiger partial charge >= 0.3 is 0 Å². The van der Waals surface area contributed by atoms with Crippen LogP contribution in [0.3, 0.4) is 0 Å². The molecule has 0 aliphatic heterocycles. The topological polar surface area (TPSA) is 68.0 Å². The van der Waals surface area contributed by atoms with Gasteiger partial charge in [0.15, 0.2) is 0 Å². The van der Waals surface area contributed by atoms with Gasteiger partial charge in [-0.1, -0.05) is 50.2 Å². The molecule has 0 aliphatic rings. The van der Waals surface area contributed by atoms with Crippen molar-refractivity contribution >= 4 is 27.5 Å². The third-order valence-electron chi connectivity index (χ3n) is 4.68. The first-order valence-corrected chi connectivity index (χ1v) is 10.3. The number of nitrogens with zero attached hydrogens (tertiary/aromatic N) is 1. The van der Waals surface area contributed by atoms with E-state index in [1.165, 1.54) is 10.3 Å². The van der Waals surface area contributed by atoms with Crippen LogP contribution in [0.1, 0.15) is 54.8 Å². The van der Waals surface area contributed by atoms with Gasteiger partial charge in [0.2, 0.25) is 5.91 Å². The summed E-state index contributed by atoms with van der Waals surface area (Å²) in [7, 11) is 0. The summed E-state index contributed by atoms with van der Waals surface area (Å²) in [5.41, 5.74) is 9.59. The summed E-state index contributed by atoms with van der Waals surface area (Å²) >= 11 is 1.70. The molecule has 1 unspecified atom stereocenters. The van der Waals surface area contributed by atoms with Crippen molar-refractivity contribution in [2.45, 2.75) is 45.1 Å². The van der Waals surface area contributed by atoms with Crippen LogP contribution in [0.5, 0.6) is 0 Å². The first-order valence-electron chi connectivity index (χ1n) is 9.49. The van der Waals surface area contributed by atoms with Crippen molar-refractivity contribution in [3.8, 4) is 0 Å². The van der Waals surface area contributed by atoms with Crippen LogP contribution in [-0.4, -0.2) is 17.4 Å². The Kier molecular flexibility index (Phi) is 6.58. The SMILES string of the molecule is CC(C)c1ccc(C(N)CNC(=O)CCCc2nc3ccccc3s2)cc1. The number of benzene rings is 2. The normalized spacial score (nSPS) is 12.4. The summed E-state index contributed by atoms with van der Waals surface area (Å²) in [6.07, 6.45) is 2.12. The Morgan fingerprint density at radius 3 is 2.52 bits per heavy atom. The van der Waals surface area contributed by atoms with Crippen molar-refractivity contribution in [1.82, 2.24) is 10.3 Å². The maximum Gasteiger partial charge on any atom is 0.220 e. The molecule has 3 rings (SSSR count). The molecule has 0 saturated heterocycles. The molecule has 3 N–H and O–H groups in total. The summed E-state index contributed by atoms with van der Waals surface area (Å²) in [6, 6.07) is 16.3. The van der Waals surface area contributed by atoms with Crippen LogP contribution >= 0.6 is 11.3 Å². The number of aryl methyl sites for hydroxylation is 1. The monoisotopic (exact) mass is 381 g/mol. The third kappa shape index (κ3) is 5.37. The van der Waals surface area contributed by atoms with Crippen LogP contribution in [0, 0.1) is 0 Å². The summed E-state index contributed by atoms with van der Waals surface area (Å²) in [5.74, 6) is 0.552. The lowest BCUT2D eigenvalue weighted by atomic mass is 9.99. The van der Waals surface area contributed by atoms with E-state index in [0.717, 1.165) is 28.9 Å². The molecule has 1 heterocycles. The van der Waals surface area contributed by atoms with Crippen molar-refractivity contribution in [3.63, 3.8) is 0 Å². The Labute approximate surface area is 164 Å². The highest BCUT2D eigenvalue weighted by molar-refractivity contribution is 7.18. The highest BCUT2D eigenvalue weighted by atomic mass is 32.1. The fourth-order valence-electron chi connectivity index (χ4n) is 2.99. The molecular weight excluding hydrogens is 354 g/mol. The standard InChI is InChI=1S/C22H27N3OS/c1-15(2)16-10-12-17(13-11-16)18(23)14-24-21(26)8-5-9-22-25-19-6-3-4-7-20(19)27-22/h3-4,6-7,10-13,15,18H,5,8-9,14,23H2,1-2H3,(H,24,26). The smallest absolute Gasteiger partial charge is 0.220 e. The van der Waals surface area contributed by atoms with Gasteiger partial charge < -0.3 is 11.1 Å². The average molecular weight is 382 g/mol. The van der Waals surface area contributed by atoms with E-state index in [2.05, 4.69) is 54.5 Å². The number of thiazole rings is 1. The van der Waals surface area contributed by atoms with Gasteiger partial charge in [-0.2, -0.15) is 0 Å². The van der Waals surface area contributed by atoms with Crippen LogP contribution in [0.2, 0.25) is 0 Å². The lowest BCUT2D eigenvalue weighted by molar-refractivity contribution is -0.121. The number of carbonyl (C=O) groups excluding carboxylic acids is 1. The number of carbonyl (C=O) groups is 1. The largest absolute Gasteiger partial charge is 0.354 e. The zero-order valence-electron chi connectivity index (χ0n) is 15.9. The molecule has 1 amide bonds. The number of hydrogen-bond acceptors (Lipinski definition) is 4. The predicted molar refractivity (Wildman–Crippen MR) is 113 cm³/mol. The number of hydrogen-bond donors (Lipinski definition) is 2. The number of aromatic nitrogens is 1. The molecule has 3 aromatic rings. The van der Waals surface area contributed by atoms with Crippen LogP contribution in [0.25, 0.3) is 10.2 Å². The van der Waals surface area contributed by atoms with Gasteiger partial charge in [0, 0.05) is 19.0 Å². The Bertz CT molecular complexity index is 853. The van der Waals surface area contributed by atoms with Crippen molar-refractivity contribution in [3.05, 3.63) is 64.7 Å². The van der Waals surface area contributed by atoms with Crippen molar-refractivity contribution in [2.75, 3.05) is 6.54 Å². The van der Waals surface area contributed by atoms with Gasteiger partial charge in [-0.25, -0.2) is 4.98 Å². The molecule has 27 heavy (non-hydrogen) atoms. The van der Waals surface area contributed by atoms with Crippen molar-refractivity contribution in [2.24, 2.45) is 5.73 Å². The molecular formula is C22H27N3OS. The summed E-state index contributed by atoms with van der Waals surface area (Å²) < 4.78 is 1.20. The molecule has 2 aromatic carbocycles. The van der Waals surface area contributed by atoms with E-state index in [1.54, 1.807) is 11.3 Å². The zero-order chi connectivity index (χ0) is 19.2. The predicted octanol–water partition coefficient (Wildman–Crippen LogP) is 4.56. The Morgan fingerprint density at radius 2 is 1.81 bits per heavy atom. The van der Waals surface area contributed by atoms with E-state index >= 15 is 0 Å². The molecule has 0 fully saturated rings. The average Bonchev–Trinajstić information content (AvgIpc) is 3.09. The van der Waals surface area contributed by atoms with E-state index in [9.17, 15) is 4.79 Å². The van der Waals surface area contributed by atoms with E-state index in [-0.39, 0.29) is 11.9 Å². The summed E-state index contributed by atoms with van der Waals surface area (Å²) in [5, 5.41) is 4.04. The number of nitrogens with one attached hydrogen (secondary N) is 1. The van der Waals surface area contributed by atoms with E-state index in [1.807, 2.05) is 18.2 Å². The highest BCUT2D eigenvalue weighted by Crippen LogP contribution is 2.22. The second kappa shape index (κ2) is 9.11. The zero-order valence-corrected chi connectivity index (χ0v) is 16.8. The van der Waals surface area contributed by atoms with Crippen LogP contribution in [0.15, 0.2) is 48.5 Å². The number of nitrogens with two attached hydrogens (primary N) is 1. The Balaban J connectivity index is 1.41. The van der Waals surface area contributed by atoms with Gasteiger partial charge in [0.25, 0.3) is 0 Å². The van der Waals surface area contributed by atoms with Crippen molar-refractivity contribution < 1.29 is 4.79 Å². The highest BCUT2D eigenvalue weighted by Gasteiger charge is 2.10. The Morgan fingerprint density at radius 1 is 1.11 bits per heavy atom. The second-order valence-electron chi connectivity index (χ2n) is 7.16. The molecule has 4 nitrogen and oxygen atoms in total. The van der Waals surface area contributed by atoms with Crippen LogP contribution < -0.4 is 11.1 Å². The molecule has 1 aromatic heterocycles. The van der Waals surface area contributed by atoms with Gasteiger partial charge in [-0.05, 0) is 42.0 Å². The molecule has 0 radical (unpaired) electrons. The molecule has 0 aliphatic carbocycles. The van der Waals surface area contributed by atoms with Crippen LogP contribution in [-0.2, 0) is 11.2 Å². The molecule has 1 atom stereocenters. The first-order chi connectivity index (χ1) is 13.0. The minimum atomic E-state index is -0.181. The molecule has 5 heteroatoms. The number of para-hydroxylation sites is 1. The van der Waals surface area contributed by atoms with Gasteiger partial charge in [-0.15, -0.1) is 11.3 Å². The quantitative estimate of drug-likeness (QED) is 0.601. The van der Waals surface area contributed by atoms with Crippen LogP contribution in [0.4, 0.5) is 0 Å².